The highest BCUT2D eigenvalue weighted by Gasteiger charge is 2.28. The van der Waals surface area contributed by atoms with Crippen molar-refractivity contribution in [3.63, 3.8) is 0 Å². The Hall–Kier alpha value is -2.14. The lowest BCUT2D eigenvalue weighted by molar-refractivity contribution is -0.127. The van der Waals surface area contributed by atoms with Crippen LogP contribution in [0.3, 0.4) is 0 Å². The molecule has 2 atom stereocenters. The lowest BCUT2D eigenvalue weighted by Gasteiger charge is -2.14. The van der Waals surface area contributed by atoms with Gasteiger partial charge in [-0.2, -0.15) is 0 Å². The van der Waals surface area contributed by atoms with Crippen LogP contribution >= 0.6 is 0 Å². The number of hydrogen-bond donors (Lipinski definition) is 1. The molecule has 4 nitrogen and oxygen atoms in total. The van der Waals surface area contributed by atoms with Crippen LogP contribution in [0.2, 0.25) is 0 Å². The van der Waals surface area contributed by atoms with Crippen LogP contribution in [0.15, 0.2) is 59.5 Å². The molecule has 5 heteroatoms. The highest BCUT2D eigenvalue weighted by Crippen LogP contribution is 2.19. The molecule has 1 amide bonds. The summed E-state index contributed by atoms with van der Waals surface area (Å²) in [7, 11) is 0.761. The molecule has 2 aromatic carbocycles. The van der Waals surface area contributed by atoms with Gasteiger partial charge in [0.1, 0.15) is 6.04 Å². The minimum absolute atomic E-state index is 0.128. The molecule has 120 valence electrons. The highest BCUT2D eigenvalue weighted by molar-refractivity contribution is 7.84. The van der Waals surface area contributed by atoms with Gasteiger partial charge in [0.15, 0.2) is 0 Å². The second-order valence-corrected chi connectivity index (χ2v) is 7.20. The standard InChI is InChI=1S/C18H20N2O2S/c1-20-11-10-17(18(20)21)19-15-7-5-6-14(12-15)13-23(22)16-8-3-2-4-9-16/h2-9,12,17,19H,10-11,13H2,1H3. The fourth-order valence-corrected chi connectivity index (χ4v) is 3.83. The van der Waals surface area contributed by atoms with Crippen molar-refractivity contribution in [1.82, 2.24) is 4.90 Å². The summed E-state index contributed by atoms with van der Waals surface area (Å²) in [5.74, 6) is 0.598. The SMILES string of the molecule is CN1CCC(Nc2cccc(CS(=O)c3ccccc3)c2)C1=O. The van der Waals surface area contributed by atoms with E-state index in [-0.39, 0.29) is 11.9 Å². The number of hydrogen-bond acceptors (Lipinski definition) is 3. The molecule has 0 bridgehead atoms. The van der Waals surface area contributed by atoms with E-state index in [9.17, 15) is 9.00 Å². The number of likely N-dealkylation sites (tertiary alicyclic amines) is 1. The quantitative estimate of drug-likeness (QED) is 0.918. The molecule has 1 aliphatic heterocycles. The number of anilines is 1. The first-order chi connectivity index (χ1) is 11.1. The minimum atomic E-state index is -1.06. The summed E-state index contributed by atoms with van der Waals surface area (Å²) in [5.41, 5.74) is 1.90. The lowest BCUT2D eigenvalue weighted by atomic mass is 10.2. The summed E-state index contributed by atoms with van der Waals surface area (Å²) in [5, 5.41) is 3.28. The van der Waals surface area contributed by atoms with Crippen molar-refractivity contribution in [1.29, 1.82) is 0 Å². The topological polar surface area (TPSA) is 49.4 Å². The molecule has 1 N–H and O–H groups in total. The van der Waals surface area contributed by atoms with E-state index in [0.29, 0.717) is 5.75 Å². The molecule has 0 aromatic heterocycles. The predicted molar refractivity (Wildman–Crippen MR) is 92.7 cm³/mol. The largest absolute Gasteiger partial charge is 0.374 e. The van der Waals surface area contributed by atoms with Gasteiger partial charge in [-0.3, -0.25) is 9.00 Å². The van der Waals surface area contributed by atoms with Crippen molar-refractivity contribution >= 4 is 22.4 Å². The summed E-state index contributed by atoms with van der Waals surface area (Å²) >= 11 is 0. The second kappa shape index (κ2) is 6.96. The Kier molecular flexibility index (Phi) is 4.76. The third kappa shape index (κ3) is 3.79. The Labute approximate surface area is 139 Å². The molecule has 1 heterocycles. The maximum Gasteiger partial charge on any atom is 0.244 e. The zero-order chi connectivity index (χ0) is 16.2. The average Bonchev–Trinajstić information content (AvgIpc) is 2.88. The molecule has 1 fully saturated rings. The Morgan fingerprint density at radius 1 is 1.17 bits per heavy atom. The van der Waals surface area contributed by atoms with E-state index in [1.165, 1.54) is 0 Å². The van der Waals surface area contributed by atoms with Crippen molar-refractivity contribution in [3.05, 3.63) is 60.2 Å². The van der Waals surface area contributed by atoms with Crippen molar-refractivity contribution in [2.24, 2.45) is 0 Å². The molecule has 3 rings (SSSR count). The van der Waals surface area contributed by atoms with Crippen molar-refractivity contribution in [2.75, 3.05) is 18.9 Å². The van der Waals surface area contributed by atoms with Gasteiger partial charge in [0.25, 0.3) is 0 Å². The van der Waals surface area contributed by atoms with E-state index in [1.807, 2.05) is 61.6 Å². The monoisotopic (exact) mass is 328 g/mol. The van der Waals surface area contributed by atoms with Gasteiger partial charge in [0.05, 0.1) is 16.6 Å². The summed E-state index contributed by atoms with van der Waals surface area (Å²) in [6.45, 7) is 0.786. The van der Waals surface area contributed by atoms with Gasteiger partial charge in [-0.25, -0.2) is 0 Å². The zero-order valence-electron chi connectivity index (χ0n) is 13.1. The van der Waals surface area contributed by atoms with Crippen molar-refractivity contribution in [3.8, 4) is 0 Å². The fraction of sp³-hybridized carbons (Fsp3) is 0.278. The molecule has 0 aliphatic carbocycles. The summed E-state index contributed by atoms with van der Waals surface area (Å²) < 4.78 is 12.4. The molecule has 2 unspecified atom stereocenters. The first kappa shape index (κ1) is 15.7. The van der Waals surface area contributed by atoms with Crippen LogP contribution in [0.5, 0.6) is 0 Å². The summed E-state index contributed by atoms with van der Waals surface area (Å²) in [6.07, 6.45) is 0.815. The summed E-state index contributed by atoms with van der Waals surface area (Å²) in [6, 6.07) is 17.1. The molecule has 1 aliphatic rings. The van der Waals surface area contributed by atoms with E-state index >= 15 is 0 Å². The van der Waals surface area contributed by atoms with Crippen LogP contribution < -0.4 is 5.32 Å². The number of nitrogens with zero attached hydrogens (tertiary/aromatic N) is 1. The van der Waals surface area contributed by atoms with Crippen LogP contribution in [0, 0.1) is 0 Å². The van der Waals surface area contributed by atoms with Crippen LogP contribution in [-0.4, -0.2) is 34.7 Å². The van der Waals surface area contributed by atoms with Crippen LogP contribution in [-0.2, 0) is 21.3 Å². The Bertz CT molecular complexity index is 718. The third-order valence-corrected chi connectivity index (χ3v) is 5.39. The molecule has 23 heavy (non-hydrogen) atoms. The number of likely N-dealkylation sites (N-methyl/N-ethyl adjacent to an activating group) is 1. The van der Waals surface area contributed by atoms with Crippen molar-refractivity contribution < 1.29 is 9.00 Å². The van der Waals surface area contributed by atoms with Gasteiger partial charge in [-0.1, -0.05) is 30.3 Å². The van der Waals surface area contributed by atoms with Crippen LogP contribution in [0.25, 0.3) is 0 Å². The number of benzene rings is 2. The second-order valence-electron chi connectivity index (χ2n) is 5.75. The van der Waals surface area contributed by atoms with Gasteiger partial charge in [-0.05, 0) is 36.2 Å². The van der Waals surface area contributed by atoms with E-state index in [4.69, 9.17) is 0 Å². The third-order valence-electron chi connectivity index (χ3n) is 4.00. The lowest BCUT2D eigenvalue weighted by Crippen LogP contribution is -2.30. The van der Waals surface area contributed by atoms with E-state index in [0.717, 1.165) is 29.1 Å². The molecular weight excluding hydrogens is 308 g/mol. The molecule has 0 saturated carbocycles. The van der Waals surface area contributed by atoms with E-state index in [1.54, 1.807) is 4.90 Å². The van der Waals surface area contributed by atoms with Crippen molar-refractivity contribution in [2.45, 2.75) is 23.1 Å². The van der Waals surface area contributed by atoms with Crippen LogP contribution in [0.1, 0.15) is 12.0 Å². The maximum atomic E-state index is 12.4. The number of carbonyl (C=O) groups excluding carboxylic acids is 1. The first-order valence-corrected chi connectivity index (χ1v) is 8.99. The van der Waals surface area contributed by atoms with Crippen LogP contribution in [0.4, 0.5) is 5.69 Å². The fourth-order valence-electron chi connectivity index (χ4n) is 2.72. The van der Waals surface area contributed by atoms with Gasteiger partial charge in [0.2, 0.25) is 5.91 Å². The Morgan fingerprint density at radius 3 is 2.65 bits per heavy atom. The minimum Gasteiger partial charge on any atom is -0.374 e. The number of nitrogens with one attached hydrogen (secondary N) is 1. The Morgan fingerprint density at radius 2 is 1.96 bits per heavy atom. The molecule has 2 aromatic rings. The Balaban J connectivity index is 1.68. The normalized spacial score (nSPS) is 18.9. The molecule has 0 spiro atoms. The van der Waals surface area contributed by atoms with Gasteiger partial charge >= 0.3 is 0 Å². The van der Waals surface area contributed by atoms with Gasteiger partial charge in [-0.15, -0.1) is 0 Å². The maximum absolute atomic E-state index is 12.4. The highest BCUT2D eigenvalue weighted by atomic mass is 32.2. The molecule has 0 radical (unpaired) electrons. The smallest absolute Gasteiger partial charge is 0.244 e. The van der Waals surface area contributed by atoms with Gasteiger partial charge in [0, 0.05) is 24.2 Å². The number of carbonyl (C=O) groups is 1. The average molecular weight is 328 g/mol. The summed E-state index contributed by atoms with van der Waals surface area (Å²) in [4.78, 5) is 14.5. The molecule has 1 saturated heterocycles. The van der Waals surface area contributed by atoms with Gasteiger partial charge < -0.3 is 10.2 Å². The first-order valence-electron chi connectivity index (χ1n) is 7.67. The zero-order valence-corrected chi connectivity index (χ0v) is 13.9. The number of rotatable bonds is 5. The van der Waals surface area contributed by atoms with E-state index < -0.39 is 10.8 Å². The predicted octanol–water partition coefficient (Wildman–Crippen LogP) is 2.64. The molecular formula is C18H20N2O2S. The number of amides is 1. The van der Waals surface area contributed by atoms with E-state index in [2.05, 4.69) is 5.32 Å².